The molecule has 204 valence electrons. The number of halogens is 2. The standard InChI is InChI=1S/C25H32F2N8O3/c1-4-19(36)32(2)16-7-6-10-34(15-16)24-29-23(33-11-13-38-14-12-33)30-25(31-24)35-17-8-5-9-18(37-3)20(17)28-22(35)21(26)27/h5,8-9,16,21H,4,6-7,10-15H2,1-3H3/t16-/m0/s1. The Hall–Kier alpha value is -3.61. The van der Waals surface area contributed by atoms with Gasteiger partial charge in [0.05, 0.1) is 25.8 Å². The Balaban J connectivity index is 1.62. The van der Waals surface area contributed by atoms with Crippen LogP contribution in [0.4, 0.5) is 20.7 Å². The fourth-order valence-corrected chi connectivity index (χ4v) is 5.01. The van der Waals surface area contributed by atoms with Crippen LogP contribution >= 0.6 is 0 Å². The second kappa shape index (κ2) is 11.0. The molecule has 1 atom stereocenters. The number of carbonyl (C=O) groups is 1. The van der Waals surface area contributed by atoms with Gasteiger partial charge >= 0.3 is 0 Å². The molecule has 0 N–H and O–H groups in total. The summed E-state index contributed by atoms with van der Waals surface area (Å²) < 4.78 is 40.7. The number of para-hydroxylation sites is 1. The van der Waals surface area contributed by atoms with E-state index >= 15 is 0 Å². The number of hydrogen-bond donors (Lipinski definition) is 0. The molecule has 13 heteroatoms. The number of ether oxygens (including phenoxy) is 2. The van der Waals surface area contributed by atoms with Gasteiger partial charge < -0.3 is 24.2 Å². The van der Waals surface area contributed by atoms with Crippen LogP contribution in [-0.2, 0) is 9.53 Å². The number of rotatable bonds is 7. The first kappa shape index (κ1) is 26.0. The van der Waals surface area contributed by atoms with Gasteiger partial charge in [-0.15, -0.1) is 0 Å². The average molecular weight is 531 g/mol. The van der Waals surface area contributed by atoms with Crippen molar-refractivity contribution < 1.29 is 23.0 Å². The molecule has 2 saturated heterocycles. The van der Waals surface area contributed by atoms with Crippen molar-refractivity contribution in [2.75, 3.05) is 63.4 Å². The summed E-state index contributed by atoms with van der Waals surface area (Å²) >= 11 is 0. The van der Waals surface area contributed by atoms with Gasteiger partial charge in [-0.2, -0.15) is 15.0 Å². The number of imidazole rings is 1. The summed E-state index contributed by atoms with van der Waals surface area (Å²) in [7, 11) is 3.29. The molecule has 2 aliphatic rings. The van der Waals surface area contributed by atoms with E-state index in [4.69, 9.17) is 19.4 Å². The van der Waals surface area contributed by atoms with Crippen molar-refractivity contribution in [3.05, 3.63) is 24.0 Å². The Labute approximate surface area is 219 Å². The molecule has 0 aliphatic carbocycles. The van der Waals surface area contributed by atoms with Crippen LogP contribution in [0.2, 0.25) is 0 Å². The fourth-order valence-electron chi connectivity index (χ4n) is 5.01. The predicted molar refractivity (Wildman–Crippen MR) is 137 cm³/mol. The van der Waals surface area contributed by atoms with Gasteiger partial charge in [-0.05, 0) is 25.0 Å². The summed E-state index contributed by atoms with van der Waals surface area (Å²) in [6.45, 7) is 5.22. The monoisotopic (exact) mass is 530 g/mol. The quantitative estimate of drug-likeness (QED) is 0.456. The third-order valence-corrected chi connectivity index (χ3v) is 7.11. The number of benzene rings is 1. The number of piperidine rings is 1. The van der Waals surface area contributed by atoms with E-state index in [0.29, 0.717) is 74.5 Å². The first-order chi connectivity index (χ1) is 18.4. The molecule has 2 aliphatic heterocycles. The van der Waals surface area contributed by atoms with Crippen LogP contribution in [0, 0.1) is 0 Å². The summed E-state index contributed by atoms with van der Waals surface area (Å²) in [6, 6.07) is 5.08. The summed E-state index contributed by atoms with van der Waals surface area (Å²) in [5.41, 5.74) is 0.715. The molecule has 5 rings (SSSR count). The smallest absolute Gasteiger partial charge is 0.296 e. The zero-order chi connectivity index (χ0) is 26.8. The topological polar surface area (TPSA) is 102 Å². The highest BCUT2D eigenvalue weighted by Crippen LogP contribution is 2.32. The maximum absolute atomic E-state index is 14.3. The van der Waals surface area contributed by atoms with Gasteiger partial charge in [-0.3, -0.25) is 9.36 Å². The number of fused-ring (bicyclic) bond motifs is 1. The zero-order valence-corrected chi connectivity index (χ0v) is 21.8. The molecule has 0 saturated carbocycles. The average Bonchev–Trinajstić information content (AvgIpc) is 3.37. The molecular weight excluding hydrogens is 498 g/mol. The molecule has 0 unspecified atom stereocenters. The minimum Gasteiger partial charge on any atom is -0.494 e. The molecular formula is C25H32F2N8O3. The van der Waals surface area contributed by atoms with Crippen molar-refractivity contribution in [1.82, 2.24) is 29.4 Å². The number of carbonyl (C=O) groups excluding carboxylic acids is 1. The normalized spacial score (nSPS) is 18.3. The minimum atomic E-state index is -2.87. The van der Waals surface area contributed by atoms with E-state index in [1.807, 2.05) is 23.8 Å². The molecule has 0 radical (unpaired) electrons. The number of morpholine rings is 1. The summed E-state index contributed by atoms with van der Waals surface area (Å²) in [5.74, 6) is 0.805. The van der Waals surface area contributed by atoms with Gasteiger partial charge in [0.25, 0.3) is 6.43 Å². The molecule has 4 heterocycles. The van der Waals surface area contributed by atoms with Gasteiger partial charge in [0.1, 0.15) is 11.3 Å². The van der Waals surface area contributed by atoms with Gasteiger partial charge in [-0.1, -0.05) is 13.0 Å². The Morgan fingerprint density at radius 1 is 1.11 bits per heavy atom. The SMILES string of the molecule is CCC(=O)N(C)[C@H]1CCCN(c2nc(N3CCOCC3)nc(-n3c(C(F)F)nc4c(OC)cccc43)n2)C1. The van der Waals surface area contributed by atoms with Gasteiger partial charge in [0.2, 0.25) is 23.8 Å². The molecule has 38 heavy (non-hydrogen) atoms. The molecule has 0 bridgehead atoms. The second-order valence-corrected chi connectivity index (χ2v) is 9.37. The molecule has 1 amide bonds. The summed E-state index contributed by atoms with van der Waals surface area (Å²) in [4.78, 5) is 36.4. The molecule has 3 aromatic rings. The van der Waals surface area contributed by atoms with Crippen molar-refractivity contribution in [3.63, 3.8) is 0 Å². The van der Waals surface area contributed by atoms with E-state index in [0.717, 1.165) is 12.8 Å². The number of methoxy groups -OCH3 is 1. The predicted octanol–water partition coefficient (Wildman–Crippen LogP) is 2.83. The lowest BCUT2D eigenvalue weighted by Crippen LogP contribution is -2.49. The van der Waals surface area contributed by atoms with E-state index in [1.54, 1.807) is 23.1 Å². The number of alkyl halides is 2. The van der Waals surface area contributed by atoms with Crippen LogP contribution in [0.5, 0.6) is 5.75 Å². The van der Waals surface area contributed by atoms with Crippen LogP contribution in [0.25, 0.3) is 17.0 Å². The molecule has 0 spiro atoms. The van der Waals surface area contributed by atoms with E-state index in [2.05, 4.69) is 9.97 Å². The first-order valence-electron chi connectivity index (χ1n) is 12.8. The van der Waals surface area contributed by atoms with Crippen LogP contribution in [-0.4, -0.2) is 94.9 Å². The van der Waals surface area contributed by atoms with Gasteiger partial charge in [0, 0.05) is 45.7 Å². The minimum absolute atomic E-state index is 0.00165. The Morgan fingerprint density at radius 3 is 2.50 bits per heavy atom. The Bertz CT molecular complexity index is 1300. The maximum Gasteiger partial charge on any atom is 0.296 e. The van der Waals surface area contributed by atoms with E-state index < -0.39 is 12.2 Å². The van der Waals surface area contributed by atoms with Crippen molar-refractivity contribution in [1.29, 1.82) is 0 Å². The highest BCUT2D eigenvalue weighted by Gasteiger charge is 2.30. The van der Waals surface area contributed by atoms with Crippen molar-refractivity contribution in [2.24, 2.45) is 0 Å². The maximum atomic E-state index is 14.3. The highest BCUT2D eigenvalue weighted by molar-refractivity contribution is 5.84. The van der Waals surface area contributed by atoms with Gasteiger partial charge in [-0.25, -0.2) is 13.8 Å². The lowest BCUT2D eigenvalue weighted by Gasteiger charge is -2.38. The first-order valence-corrected chi connectivity index (χ1v) is 12.8. The second-order valence-electron chi connectivity index (χ2n) is 9.37. The Kier molecular flexibility index (Phi) is 7.54. The Morgan fingerprint density at radius 2 is 1.82 bits per heavy atom. The number of anilines is 2. The lowest BCUT2D eigenvalue weighted by molar-refractivity contribution is -0.131. The fraction of sp³-hybridized carbons (Fsp3) is 0.560. The number of nitrogens with zero attached hydrogens (tertiary/aromatic N) is 8. The zero-order valence-electron chi connectivity index (χ0n) is 21.8. The van der Waals surface area contributed by atoms with Crippen LogP contribution in [0.1, 0.15) is 38.4 Å². The van der Waals surface area contributed by atoms with E-state index in [-0.39, 0.29) is 17.9 Å². The lowest BCUT2D eigenvalue weighted by atomic mass is 10.0. The van der Waals surface area contributed by atoms with Crippen LogP contribution < -0.4 is 14.5 Å². The van der Waals surface area contributed by atoms with E-state index in [9.17, 15) is 13.6 Å². The van der Waals surface area contributed by atoms with E-state index in [1.165, 1.54) is 11.7 Å². The number of likely N-dealkylation sites (N-methyl/N-ethyl adjacent to an activating group) is 1. The molecule has 2 fully saturated rings. The highest BCUT2D eigenvalue weighted by atomic mass is 19.3. The largest absolute Gasteiger partial charge is 0.494 e. The third-order valence-electron chi connectivity index (χ3n) is 7.11. The third kappa shape index (κ3) is 4.94. The summed E-state index contributed by atoms with van der Waals surface area (Å²) in [6.07, 6.45) is -0.730. The van der Waals surface area contributed by atoms with Crippen molar-refractivity contribution >= 4 is 28.8 Å². The molecule has 2 aromatic heterocycles. The number of aromatic nitrogens is 5. The number of hydrogen-bond acceptors (Lipinski definition) is 9. The van der Waals surface area contributed by atoms with Crippen LogP contribution in [0.3, 0.4) is 0 Å². The van der Waals surface area contributed by atoms with Gasteiger partial charge in [0.15, 0.2) is 5.82 Å². The van der Waals surface area contributed by atoms with Crippen LogP contribution in [0.15, 0.2) is 18.2 Å². The van der Waals surface area contributed by atoms with Crippen molar-refractivity contribution in [3.8, 4) is 11.7 Å². The molecule has 1 aromatic carbocycles. The van der Waals surface area contributed by atoms with Crippen molar-refractivity contribution in [2.45, 2.75) is 38.7 Å². The molecule has 11 nitrogen and oxygen atoms in total. The number of amides is 1. The summed E-state index contributed by atoms with van der Waals surface area (Å²) in [5, 5.41) is 0.